The molecule has 0 fully saturated rings. The van der Waals surface area contributed by atoms with E-state index in [-0.39, 0.29) is 28.1 Å². The Kier molecular flexibility index (Phi) is 5.83. The number of carboxylic acid groups (broad SMARTS) is 1. The second-order valence-electron chi connectivity index (χ2n) is 6.11. The fraction of sp³-hybridized carbons (Fsp3) is 0. The number of rotatable bonds is 6. The molecule has 2 amide bonds. The number of aromatic carboxylic acids is 1. The van der Waals surface area contributed by atoms with E-state index in [9.17, 15) is 29.6 Å². The summed E-state index contributed by atoms with van der Waals surface area (Å²) in [5.74, 6) is -1.79. The summed E-state index contributed by atoms with van der Waals surface area (Å²) >= 11 is 0. The molecule has 3 N–H and O–H groups in total. The zero-order valence-electron chi connectivity index (χ0n) is 15.4. The zero-order valence-corrected chi connectivity index (χ0v) is 15.4. The molecule has 3 aromatic rings. The normalized spacial score (nSPS) is 10.1. The summed E-state index contributed by atoms with van der Waals surface area (Å²) in [5.41, 5.74) is 0.349. The van der Waals surface area contributed by atoms with Crippen molar-refractivity contribution in [1.82, 2.24) is 0 Å². The van der Waals surface area contributed by atoms with Gasteiger partial charge in [-0.3, -0.25) is 14.9 Å². The summed E-state index contributed by atoms with van der Waals surface area (Å²) in [6.07, 6.45) is 0. The van der Waals surface area contributed by atoms with Gasteiger partial charge in [0.25, 0.3) is 5.69 Å². The number of hydrogen-bond donors (Lipinski definition) is 3. The van der Waals surface area contributed by atoms with Gasteiger partial charge in [0, 0.05) is 28.9 Å². The van der Waals surface area contributed by atoms with Crippen molar-refractivity contribution in [2.75, 3.05) is 10.6 Å². The summed E-state index contributed by atoms with van der Waals surface area (Å²) in [5, 5.41) is 25.1. The van der Waals surface area contributed by atoms with Crippen LogP contribution in [0.15, 0.2) is 72.8 Å². The van der Waals surface area contributed by atoms with Gasteiger partial charge in [0.2, 0.25) is 0 Å². The highest BCUT2D eigenvalue weighted by Gasteiger charge is 2.20. The van der Waals surface area contributed by atoms with E-state index in [2.05, 4.69) is 10.6 Å². The molecule has 0 heterocycles. The van der Waals surface area contributed by atoms with E-state index in [0.717, 1.165) is 0 Å². The topological polar surface area (TPSA) is 139 Å². The summed E-state index contributed by atoms with van der Waals surface area (Å²) < 4.78 is 0. The summed E-state index contributed by atoms with van der Waals surface area (Å²) in [6, 6.07) is 16.6. The Hall–Kier alpha value is -4.53. The number of hydrogen-bond acceptors (Lipinski definition) is 5. The molecule has 9 nitrogen and oxygen atoms in total. The van der Waals surface area contributed by atoms with Crippen LogP contribution in [0.5, 0.6) is 0 Å². The molecule has 0 aliphatic heterocycles. The minimum atomic E-state index is -1.24. The average molecular weight is 405 g/mol. The van der Waals surface area contributed by atoms with Crippen LogP contribution in [0.25, 0.3) is 0 Å². The number of nitro benzene ring substituents is 1. The molecule has 0 radical (unpaired) electrons. The van der Waals surface area contributed by atoms with Crippen LogP contribution in [-0.2, 0) is 0 Å². The molecule has 0 saturated carbocycles. The third-order valence-corrected chi connectivity index (χ3v) is 4.16. The van der Waals surface area contributed by atoms with Crippen LogP contribution in [0.1, 0.15) is 26.3 Å². The molecule has 0 spiro atoms. The smallest absolute Gasteiger partial charge is 0.336 e. The number of para-hydroxylation sites is 1. The number of amides is 2. The molecule has 0 aliphatic rings. The maximum atomic E-state index is 12.9. The lowest BCUT2D eigenvalue weighted by Gasteiger charge is -2.12. The van der Waals surface area contributed by atoms with Crippen molar-refractivity contribution in [2.45, 2.75) is 0 Å². The Morgan fingerprint density at radius 3 is 1.93 bits per heavy atom. The molecule has 0 saturated heterocycles. The first kappa shape index (κ1) is 20.2. The van der Waals surface area contributed by atoms with Crippen molar-refractivity contribution in [2.24, 2.45) is 0 Å². The van der Waals surface area contributed by atoms with E-state index < -0.39 is 22.7 Å². The number of ketones is 1. The number of carboxylic acids is 1. The molecule has 3 rings (SSSR count). The van der Waals surface area contributed by atoms with Crippen molar-refractivity contribution in [3.05, 3.63) is 99.6 Å². The Bertz CT molecular complexity index is 1140. The van der Waals surface area contributed by atoms with Gasteiger partial charge >= 0.3 is 12.0 Å². The molecule has 0 aromatic heterocycles. The van der Waals surface area contributed by atoms with Gasteiger partial charge in [-0.25, -0.2) is 9.59 Å². The van der Waals surface area contributed by atoms with E-state index in [1.165, 1.54) is 54.6 Å². The van der Waals surface area contributed by atoms with Crippen LogP contribution >= 0.6 is 0 Å². The highest BCUT2D eigenvalue weighted by Crippen LogP contribution is 2.22. The predicted octanol–water partition coefficient (Wildman–Crippen LogP) is 4.17. The summed E-state index contributed by atoms with van der Waals surface area (Å²) in [7, 11) is 0. The number of urea groups is 1. The lowest BCUT2D eigenvalue weighted by molar-refractivity contribution is -0.384. The molecule has 0 bridgehead atoms. The largest absolute Gasteiger partial charge is 0.478 e. The number of benzene rings is 3. The maximum Gasteiger partial charge on any atom is 0.336 e. The lowest BCUT2D eigenvalue weighted by atomic mass is 9.97. The quantitative estimate of drug-likeness (QED) is 0.320. The number of carbonyl (C=O) groups excluding carboxylic acids is 2. The van der Waals surface area contributed by atoms with E-state index in [4.69, 9.17) is 0 Å². The molecular formula is C21H15N3O6. The van der Waals surface area contributed by atoms with Gasteiger partial charge in [-0.1, -0.05) is 30.3 Å². The van der Waals surface area contributed by atoms with Crippen LogP contribution in [0.3, 0.4) is 0 Å². The van der Waals surface area contributed by atoms with Gasteiger partial charge in [0.05, 0.1) is 16.2 Å². The first-order valence-electron chi connectivity index (χ1n) is 8.65. The van der Waals surface area contributed by atoms with Crippen LogP contribution < -0.4 is 10.6 Å². The van der Waals surface area contributed by atoms with Crippen LogP contribution in [0.4, 0.5) is 21.9 Å². The number of nitro groups is 1. The van der Waals surface area contributed by atoms with Gasteiger partial charge in [-0.05, 0) is 30.3 Å². The lowest BCUT2D eigenvalue weighted by Crippen LogP contribution is -2.21. The number of nitrogens with one attached hydrogen (secondary N) is 2. The van der Waals surface area contributed by atoms with Gasteiger partial charge in [0.1, 0.15) is 0 Å². The molecule has 0 atom stereocenters. The molecule has 150 valence electrons. The van der Waals surface area contributed by atoms with E-state index in [1.807, 2.05) is 0 Å². The van der Waals surface area contributed by atoms with Crippen molar-refractivity contribution in [1.29, 1.82) is 0 Å². The Labute approximate surface area is 170 Å². The first-order chi connectivity index (χ1) is 14.4. The highest BCUT2D eigenvalue weighted by atomic mass is 16.6. The molecule has 0 unspecified atom stereocenters. The third kappa shape index (κ3) is 4.47. The standard InChI is InChI=1S/C21H15N3O6/c25-19(15-5-1-2-6-16(15)20(26)27)17-7-3-4-8-18(17)23-21(28)22-13-9-11-14(12-10-13)24(29)30/h1-12H,(H,26,27)(H2,22,23,28). The number of carbonyl (C=O) groups is 3. The van der Waals surface area contributed by atoms with Gasteiger partial charge in [-0.2, -0.15) is 0 Å². The van der Waals surface area contributed by atoms with Crippen LogP contribution in [-0.4, -0.2) is 27.8 Å². The van der Waals surface area contributed by atoms with Gasteiger partial charge < -0.3 is 15.7 Å². The fourth-order valence-corrected chi connectivity index (χ4v) is 2.75. The van der Waals surface area contributed by atoms with Gasteiger partial charge in [-0.15, -0.1) is 0 Å². The molecule has 0 aliphatic carbocycles. The van der Waals surface area contributed by atoms with E-state index in [1.54, 1.807) is 18.2 Å². The average Bonchev–Trinajstić information content (AvgIpc) is 2.74. The SMILES string of the molecule is O=C(Nc1ccc([N+](=O)[O-])cc1)Nc1ccccc1C(=O)c1ccccc1C(=O)O. The van der Waals surface area contributed by atoms with E-state index >= 15 is 0 Å². The van der Waals surface area contributed by atoms with Crippen molar-refractivity contribution < 1.29 is 24.4 Å². The summed E-state index contributed by atoms with van der Waals surface area (Å²) in [6.45, 7) is 0. The zero-order chi connectivity index (χ0) is 21.7. The number of non-ortho nitro benzene ring substituents is 1. The Balaban J connectivity index is 1.82. The highest BCUT2D eigenvalue weighted by molar-refractivity contribution is 6.18. The second kappa shape index (κ2) is 8.65. The Morgan fingerprint density at radius 2 is 1.33 bits per heavy atom. The second-order valence-corrected chi connectivity index (χ2v) is 6.11. The molecule has 30 heavy (non-hydrogen) atoms. The van der Waals surface area contributed by atoms with Gasteiger partial charge in [0.15, 0.2) is 5.78 Å². The molecule has 9 heteroatoms. The fourth-order valence-electron chi connectivity index (χ4n) is 2.75. The van der Waals surface area contributed by atoms with Crippen molar-refractivity contribution in [3.63, 3.8) is 0 Å². The first-order valence-corrected chi connectivity index (χ1v) is 8.65. The van der Waals surface area contributed by atoms with Crippen LogP contribution in [0.2, 0.25) is 0 Å². The van der Waals surface area contributed by atoms with Crippen molar-refractivity contribution >= 4 is 34.8 Å². The Morgan fingerprint density at radius 1 is 0.767 bits per heavy atom. The minimum absolute atomic E-state index is 0.00460. The number of anilines is 2. The van der Waals surface area contributed by atoms with Crippen LogP contribution in [0, 0.1) is 10.1 Å². The number of nitrogens with zero attached hydrogens (tertiary/aromatic N) is 1. The molecule has 3 aromatic carbocycles. The predicted molar refractivity (Wildman–Crippen MR) is 109 cm³/mol. The summed E-state index contributed by atoms with van der Waals surface area (Å²) in [4.78, 5) is 46.8. The minimum Gasteiger partial charge on any atom is -0.478 e. The van der Waals surface area contributed by atoms with Crippen molar-refractivity contribution in [3.8, 4) is 0 Å². The third-order valence-electron chi connectivity index (χ3n) is 4.16. The maximum absolute atomic E-state index is 12.9. The van der Waals surface area contributed by atoms with E-state index in [0.29, 0.717) is 5.69 Å². The molecular weight excluding hydrogens is 390 g/mol. The monoisotopic (exact) mass is 405 g/mol.